The lowest BCUT2D eigenvalue weighted by Crippen LogP contribution is -2.27. The fourth-order valence-corrected chi connectivity index (χ4v) is 2.76. The first kappa shape index (κ1) is 13.9. The number of ether oxygens (including phenoxy) is 2. The third kappa shape index (κ3) is 3.72. The first-order valence-corrected chi connectivity index (χ1v) is 9.87. The van der Waals surface area contributed by atoms with Gasteiger partial charge in [0.25, 0.3) is 0 Å². The highest BCUT2D eigenvalue weighted by molar-refractivity contribution is 6.69. The molecule has 0 N–H and O–H groups in total. The summed E-state index contributed by atoms with van der Waals surface area (Å²) in [5.41, 5.74) is 0.828. The standard InChI is InChI=1S/C14H19NO3Si/c1-19(2,3)18-14(10-15)11-5-6-12-13(9-11)17-8-4-7-16-12/h5-6,9,14H,4,7-8H2,1-3H3. The Kier molecular flexibility index (Phi) is 4.13. The maximum Gasteiger partial charge on any atom is 0.186 e. The lowest BCUT2D eigenvalue weighted by Gasteiger charge is -2.22. The van der Waals surface area contributed by atoms with Crippen LogP contribution in [0.2, 0.25) is 19.6 Å². The van der Waals surface area contributed by atoms with E-state index in [0.29, 0.717) is 19.0 Å². The average molecular weight is 277 g/mol. The molecule has 1 aliphatic heterocycles. The van der Waals surface area contributed by atoms with Crippen molar-refractivity contribution in [2.75, 3.05) is 13.2 Å². The molecule has 1 aromatic rings. The van der Waals surface area contributed by atoms with Gasteiger partial charge in [-0.1, -0.05) is 6.07 Å². The number of fused-ring (bicyclic) bond motifs is 1. The molecule has 0 fully saturated rings. The Bertz CT molecular complexity index is 490. The SMILES string of the molecule is C[Si](C)(C)OC(C#N)c1ccc2c(c1)OCCCO2. The highest BCUT2D eigenvalue weighted by Gasteiger charge is 2.23. The predicted octanol–water partition coefficient (Wildman–Crippen LogP) is 3.26. The van der Waals surface area contributed by atoms with E-state index in [0.717, 1.165) is 17.7 Å². The average Bonchev–Trinajstić information content (AvgIpc) is 2.59. The molecule has 0 radical (unpaired) electrons. The Morgan fingerprint density at radius 2 is 1.89 bits per heavy atom. The van der Waals surface area contributed by atoms with Crippen LogP contribution in [-0.2, 0) is 4.43 Å². The minimum absolute atomic E-state index is 0.538. The van der Waals surface area contributed by atoms with Crippen LogP contribution in [0.15, 0.2) is 18.2 Å². The van der Waals surface area contributed by atoms with E-state index in [1.807, 2.05) is 18.2 Å². The minimum Gasteiger partial charge on any atom is -0.490 e. The van der Waals surface area contributed by atoms with Crippen molar-refractivity contribution >= 4 is 8.32 Å². The molecular weight excluding hydrogens is 258 g/mol. The summed E-state index contributed by atoms with van der Waals surface area (Å²) in [4.78, 5) is 0. The molecule has 4 nitrogen and oxygen atoms in total. The van der Waals surface area contributed by atoms with Crippen molar-refractivity contribution in [3.8, 4) is 17.6 Å². The molecule has 1 aliphatic rings. The molecule has 0 aliphatic carbocycles. The minimum atomic E-state index is -1.76. The molecule has 0 bridgehead atoms. The number of nitriles is 1. The summed E-state index contributed by atoms with van der Waals surface area (Å²) in [6, 6.07) is 7.80. The topological polar surface area (TPSA) is 51.5 Å². The molecule has 1 unspecified atom stereocenters. The zero-order valence-electron chi connectivity index (χ0n) is 11.6. The molecule has 1 heterocycles. The van der Waals surface area contributed by atoms with E-state index < -0.39 is 14.4 Å². The van der Waals surface area contributed by atoms with Crippen LogP contribution in [0.1, 0.15) is 18.1 Å². The highest BCUT2D eigenvalue weighted by Crippen LogP contribution is 2.33. The molecule has 1 aromatic carbocycles. The van der Waals surface area contributed by atoms with Crippen molar-refractivity contribution < 1.29 is 13.9 Å². The van der Waals surface area contributed by atoms with Gasteiger partial charge in [-0.15, -0.1) is 0 Å². The Hall–Kier alpha value is -1.51. The second-order valence-electron chi connectivity index (χ2n) is 5.50. The number of benzene rings is 1. The molecule has 0 amide bonds. The summed E-state index contributed by atoms with van der Waals surface area (Å²) in [7, 11) is -1.76. The zero-order chi connectivity index (χ0) is 13.9. The van der Waals surface area contributed by atoms with Gasteiger partial charge in [-0.25, -0.2) is 0 Å². The van der Waals surface area contributed by atoms with E-state index in [1.165, 1.54) is 0 Å². The van der Waals surface area contributed by atoms with Gasteiger partial charge in [0.15, 0.2) is 25.9 Å². The van der Waals surface area contributed by atoms with Gasteiger partial charge in [-0.2, -0.15) is 5.26 Å². The zero-order valence-corrected chi connectivity index (χ0v) is 12.6. The summed E-state index contributed by atoms with van der Waals surface area (Å²) in [5, 5.41) is 9.28. The van der Waals surface area contributed by atoms with Crippen LogP contribution in [0.3, 0.4) is 0 Å². The van der Waals surface area contributed by atoms with Crippen LogP contribution in [0.4, 0.5) is 0 Å². The van der Waals surface area contributed by atoms with Crippen LogP contribution in [0.5, 0.6) is 11.5 Å². The van der Waals surface area contributed by atoms with E-state index in [2.05, 4.69) is 25.7 Å². The van der Waals surface area contributed by atoms with Crippen molar-refractivity contribution in [3.63, 3.8) is 0 Å². The molecule has 0 saturated heterocycles. The van der Waals surface area contributed by atoms with E-state index in [9.17, 15) is 5.26 Å². The van der Waals surface area contributed by atoms with Gasteiger partial charge in [0, 0.05) is 6.42 Å². The molecule has 1 atom stereocenters. The van der Waals surface area contributed by atoms with Crippen LogP contribution in [0, 0.1) is 11.3 Å². The van der Waals surface area contributed by atoms with E-state index >= 15 is 0 Å². The van der Waals surface area contributed by atoms with Gasteiger partial charge < -0.3 is 13.9 Å². The second-order valence-corrected chi connectivity index (χ2v) is 9.96. The molecule has 102 valence electrons. The number of nitrogens with zero attached hydrogens (tertiary/aromatic N) is 1. The van der Waals surface area contributed by atoms with Crippen molar-refractivity contribution in [2.45, 2.75) is 32.2 Å². The summed E-state index contributed by atoms with van der Waals surface area (Å²) >= 11 is 0. The maximum absolute atomic E-state index is 9.28. The molecule has 5 heteroatoms. The van der Waals surface area contributed by atoms with Gasteiger partial charge >= 0.3 is 0 Å². The van der Waals surface area contributed by atoms with Crippen molar-refractivity contribution in [1.29, 1.82) is 5.26 Å². The van der Waals surface area contributed by atoms with Gasteiger partial charge in [0.05, 0.1) is 19.3 Å². The van der Waals surface area contributed by atoms with E-state index in [-0.39, 0.29) is 0 Å². The monoisotopic (exact) mass is 277 g/mol. The van der Waals surface area contributed by atoms with Crippen LogP contribution < -0.4 is 9.47 Å². The summed E-state index contributed by atoms with van der Waals surface area (Å²) in [6.45, 7) is 7.52. The molecule has 0 saturated carbocycles. The van der Waals surface area contributed by atoms with Gasteiger partial charge in [0.2, 0.25) is 0 Å². The Balaban J connectivity index is 2.25. The molecular formula is C14H19NO3Si. The maximum atomic E-state index is 9.28. The van der Waals surface area contributed by atoms with Crippen molar-refractivity contribution in [3.05, 3.63) is 23.8 Å². The Morgan fingerprint density at radius 3 is 2.53 bits per heavy atom. The van der Waals surface area contributed by atoms with Crippen LogP contribution in [0.25, 0.3) is 0 Å². The summed E-state index contributed by atoms with van der Waals surface area (Å²) in [6.07, 6.45) is 0.334. The van der Waals surface area contributed by atoms with Crippen LogP contribution in [-0.4, -0.2) is 21.5 Å². The molecule has 19 heavy (non-hydrogen) atoms. The number of rotatable bonds is 3. The van der Waals surface area contributed by atoms with E-state index in [4.69, 9.17) is 13.9 Å². The molecule has 0 aromatic heterocycles. The lowest BCUT2D eigenvalue weighted by molar-refractivity contribution is 0.253. The van der Waals surface area contributed by atoms with E-state index in [1.54, 1.807) is 0 Å². The largest absolute Gasteiger partial charge is 0.490 e. The van der Waals surface area contributed by atoms with Gasteiger partial charge in [0.1, 0.15) is 0 Å². The van der Waals surface area contributed by atoms with Gasteiger partial charge in [-0.05, 0) is 37.3 Å². The Morgan fingerprint density at radius 1 is 1.21 bits per heavy atom. The number of hydrogen-bond donors (Lipinski definition) is 0. The third-order valence-corrected chi connectivity index (χ3v) is 3.61. The smallest absolute Gasteiger partial charge is 0.186 e. The third-order valence-electron chi connectivity index (χ3n) is 2.66. The first-order valence-electron chi connectivity index (χ1n) is 6.46. The lowest BCUT2D eigenvalue weighted by atomic mass is 10.1. The first-order chi connectivity index (χ1) is 8.99. The number of hydrogen-bond acceptors (Lipinski definition) is 4. The fraction of sp³-hybridized carbons (Fsp3) is 0.500. The quantitative estimate of drug-likeness (QED) is 0.796. The molecule has 2 rings (SSSR count). The van der Waals surface area contributed by atoms with Crippen molar-refractivity contribution in [1.82, 2.24) is 0 Å². The summed E-state index contributed by atoms with van der Waals surface area (Å²) in [5.74, 6) is 1.44. The van der Waals surface area contributed by atoms with Crippen LogP contribution >= 0.6 is 0 Å². The predicted molar refractivity (Wildman–Crippen MR) is 74.8 cm³/mol. The summed E-state index contributed by atoms with van der Waals surface area (Å²) < 4.78 is 17.1. The normalized spacial score (nSPS) is 16.3. The second kappa shape index (κ2) is 5.64. The fourth-order valence-electron chi connectivity index (χ4n) is 1.87. The van der Waals surface area contributed by atoms with Crippen molar-refractivity contribution in [2.24, 2.45) is 0 Å². The highest BCUT2D eigenvalue weighted by atomic mass is 28.4. The van der Waals surface area contributed by atoms with Gasteiger partial charge in [-0.3, -0.25) is 0 Å². The Labute approximate surface area is 115 Å². The molecule has 0 spiro atoms.